The van der Waals surface area contributed by atoms with Crippen molar-refractivity contribution in [2.45, 2.75) is 32.7 Å². The van der Waals surface area contributed by atoms with Gasteiger partial charge >= 0.3 is 0 Å². The van der Waals surface area contributed by atoms with Crippen LogP contribution in [0.2, 0.25) is 0 Å². The van der Waals surface area contributed by atoms with Gasteiger partial charge in [0, 0.05) is 12.6 Å². The first kappa shape index (κ1) is 13.1. The Morgan fingerprint density at radius 3 is 2.80 bits per heavy atom. The number of rotatable bonds is 5. The van der Waals surface area contributed by atoms with Gasteiger partial charge in [-0.2, -0.15) is 5.10 Å². The van der Waals surface area contributed by atoms with Crippen molar-refractivity contribution in [3.63, 3.8) is 0 Å². The molecule has 1 aromatic carbocycles. The Hall–Kier alpha value is -1.94. The molecule has 0 aliphatic heterocycles. The maximum atomic E-state index is 5.77. The first-order valence-corrected chi connectivity index (χ1v) is 7.18. The molecule has 1 aliphatic rings. The smallest absolute Gasteiger partial charge is 0.238 e. The van der Waals surface area contributed by atoms with E-state index in [1.807, 2.05) is 18.2 Å². The van der Waals surface area contributed by atoms with E-state index in [9.17, 15) is 0 Å². The van der Waals surface area contributed by atoms with Crippen LogP contribution in [0, 0.1) is 0 Å². The molecule has 4 nitrogen and oxygen atoms in total. The number of ether oxygens (including phenoxy) is 1. The third-order valence-corrected chi connectivity index (χ3v) is 3.54. The topological polar surface area (TPSA) is 47.0 Å². The van der Waals surface area contributed by atoms with Crippen LogP contribution in [0.3, 0.4) is 0 Å². The molecular weight excluding hydrogens is 250 g/mol. The van der Waals surface area contributed by atoms with Crippen molar-refractivity contribution in [2.75, 3.05) is 6.54 Å². The van der Waals surface area contributed by atoms with E-state index >= 15 is 0 Å². The number of fused-ring (bicyclic) bond motifs is 1. The largest absolute Gasteiger partial charge is 0.438 e. The van der Waals surface area contributed by atoms with E-state index in [-0.39, 0.29) is 0 Å². The van der Waals surface area contributed by atoms with E-state index in [0.29, 0.717) is 5.88 Å². The van der Waals surface area contributed by atoms with Crippen molar-refractivity contribution >= 4 is 0 Å². The summed E-state index contributed by atoms with van der Waals surface area (Å²) < 4.78 is 5.77. The molecule has 20 heavy (non-hydrogen) atoms. The van der Waals surface area contributed by atoms with Gasteiger partial charge < -0.3 is 10.1 Å². The van der Waals surface area contributed by atoms with Crippen LogP contribution in [0.5, 0.6) is 11.6 Å². The molecule has 3 rings (SSSR count). The zero-order chi connectivity index (χ0) is 13.8. The van der Waals surface area contributed by atoms with Gasteiger partial charge in [0.25, 0.3) is 0 Å². The van der Waals surface area contributed by atoms with Gasteiger partial charge in [0.1, 0.15) is 5.75 Å². The van der Waals surface area contributed by atoms with Crippen LogP contribution in [0.15, 0.2) is 30.3 Å². The number of nitrogens with one attached hydrogen (secondary N) is 1. The van der Waals surface area contributed by atoms with Crippen molar-refractivity contribution in [1.29, 1.82) is 0 Å². The molecule has 0 radical (unpaired) electrons. The molecule has 0 unspecified atom stereocenters. The predicted molar refractivity (Wildman–Crippen MR) is 78.0 cm³/mol. The molecule has 0 fully saturated rings. The van der Waals surface area contributed by atoms with Crippen molar-refractivity contribution in [2.24, 2.45) is 0 Å². The third kappa shape index (κ3) is 2.96. The number of nitrogens with zero attached hydrogens (tertiary/aromatic N) is 2. The van der Waals surface area contributed by atoms with Crippen molar-refractivity contribution < 1.29 is 4.74 Å². The van der Waals surface area contributed by atoms with Crippen molar-refractivity contribution in [3.8, 4) is 11.6 Å². The van der Waals surface area contributed by atoms with Gasteiger partial charge in [-0.1, -0.05) is 13.0 Å². The minimum atomic E-state index is 0.545. The summed E-state index contributed by atoms with van der Waals surface area (Å²) in [6, 6.07) is 10.1. The minimum absolute atomic E-state index is 0.545. The molecule has 1 heterocycles. The molecule has 0 saturated heterocycles. The molecule has 0 amide bonds. The Balaban J connectivity index is 1.68. The van der Waals surface area contributed by atoms with Gasteiger partial charge in [0.2, 0.25) is 5.88 Å². The van der Waals surface area contributed by atoms with E-state index in [2.05, 4.69) is 34.6 Å². The van der Waals surface area contributed by atoms with Crippen LogP contribution in [0.4, 0.5) is 0 Å². The Morgan fingerprint density at radius 2 is 2.00 bits per heavy atom. The van der Waals surface area contributed by atoms with Gasteiger partial charge in [-0.05, 0) is 55.1 Å². The molecule has 1 aliphatic carbocycles. The lowest BCUT2D eigenvalue weighted by molar-refractivity contribution is 0.452. The molecule has 4 heteroatoms. The summed E-state index contributed by atoms with van der Waals surface area (Å²) in [4.78, 5) is 0. The summed E-state index contributed by atoms with van der Waals surface area (Å²) in [5, 5.41) is 11.5. The monoisotopic (exact) mass is 269 g/mol. The third-order valence-electron chi connectivity index (χ3n) is 3.54. The number of aromatic nitrogens is 2. The highest BCUT2D eigenvalue weighted by Crippen LogP contribution is 2.28. The molecular formula is C16H19N3O. The van der Waals surface area contributed by atoms with E-state index in [1.54, 1.807) is 0 Å². The fourth-order valence-corrected chi connectivity index (χ4v) is 2.48. The first-order valence-electron chi connectivity index (χ1n) is 7.18. The Morgan fingerprint density at radius 1 is 1.10 bits per heavy atom. The highest BCUT2D eigenvalue weighted by Gasteiger charge is 2.11. The molecule has 1 N–H and O–H groups in total. The predicted octanol–water partition coefficient (Wildman–Crippen LogP) is 2.87. The summed E-state index contributed by atoms with van der Waals surface area (Å²) in [5.41, 5.74) is 3.77. The highest BCUT2D eigenvalue weighted by molar-refractivity contribution is 5.39. The fraction of sp³-hybridized carbons (Fsp3) is 0.375. The Kier molecular flexibility index (Phi) is 3.92. The second kappa shape index (κ2) is 6.01. The molecule has 1 aromatic heterocycles. The van der Waals surface area contributed by atoms with E-state index in [1.165, 1.54) is 24.0 Å². The van der Waals surface area contributed by atoms with Crippen LogP contribution in [-0.2, 0) is 19.4 Å². The van der Waals surface area contributed by atoms with E-state index < -0.39 is 0 Å². The van der Waals surface area contributed by atoms with E-state index in [4.69, 9.17) is 4.74 Å². The number of hydrogen-bond acceptors (Lipinski definition) is 4. The van der Waals surface area contributed by atoms with Gasteiger partial charge in [-0.3, -0.25) is 0 Å². The molecule has 104 valence electrons. The van der Waals surface area contributed by atoms with Crippen molar-refractivity contribution in [1.82, 2.24) is 15.5 Å². The van der Waals surface area contributed by atoms with Gasteiger partial charge in [-0.25, -0.2) is 0 Å². The first-order chi connectivity index (χ1) is 9.85. The lowest BCUT2D eigenvalue weighted by atomic mass is 10.1. The lowest BCUT2D eigenvalue weighted by Gasteiger charge is -2.07. The van der Waals surface area contributed by atoms with Gasteiger partial charge in [0.15, 0.2) is 0 Å². The maximum Gasteiger partial charge on any atom is 0.238 e. The molecule has 0 atom stereocenters. The quantitative estimate of drug-likeness (QED) is 0.906. The average molecular weight is 269 g/mol. The number of benzene rings is 1. The standard InChI is InChI=1S/C16H19N3O/c1-2-17-11-14-7-9-16(19-18-14)20-15-8-6-12-4-3-5-13(12)10-15/h6-10,17H,2-5,11H2,1H3. The normalized spacial score (nSPS) is 13.2. The summed E-state index contributed by atoms with van der Waals surface area (Å²) in [7, 11) is 0. The zero-order valence-electron chi connectivity index (χ0n) is 11.7. The van der Waals surface area contributed by atoms with Crippen LogP contribution in [-0.4, -0.2) is 16.7 Å². The van der Waals surface area contributed by atoms with Crippen molar-refractivity contribution in [3.05, 3.63) is 47.2 Å². The Bertz CT molecular complexity index is 581. The highest BCUT2D eigenvalue weighted by atomic mass is 16.5. The van der Waals surface area contributed by atoms with Gasteiger partial charge in [0.05, 0.1) is 5.69 Å². The second-order valence-corrected chi connectivity index (χ2v) is 5.03. The minimum Gasteiger partial charge on any atom is -0.438 e. The Labute approximate surface area is 119 Å². The van der Waals surface area contributed by atoms with Crippen LogP contribution in [0.25, 0.3) is 0 Å². The van der Waals surface area contributed by atoms with Crippen LogP contribution in [0.1, 0.15) is 30.2 Å². The summed E-state index contributed by atoms with van der Waals surface area (Å²) in [5.74, 6) is 1.39. The molecule has 0 bridgehead atoms. The van der Waals surface area contributed by atoms with Crippen LogP contribution >= 0.6 is 0 Å². The second-order valence-electron chi connectivity index (χ2n) is 5.03. The molecule has 0 saturated carbocycles. The number of aryl methyl sites for hydroxylation is 2. The van der Waals surface area contributed by atoms with Gasteiger partial charge in [-0.15, -0.1) is 5.10 Å². The van der Waals surface area contributed by atoms with E-state index in [0.717, 1.165) is 31.0 Å². The maximum absolute atomic E-state index is 5.77. The summed E-state index contributed by atoms with van der Waals surface area (Å²) in [6.07, 6.45) is 3.59. The molecule has 0 spiro atoms. The average Bonchev–Trinajstić information content (AvgIpc) is 2.94. The fourth-order valence-electron chi connectivity index (χ4n) is 2.48. The zero-order valence-corrected chi connectivity index (χ0v) is 11.7. The summed E-state index contributed by atoms with van der Waals surface area (Å²) >= 11 is 0. The SMILES string of the molecule is CCNCc1ccc(Oc2ccc3c(c2)CCC3)nn1. The van der Waals surface area contributed by atoms with Crippen LogP contribution < -0.4 is 10.1 Å². The number of hydrogen-bond donors (Lipinski definition) is 1. The lowest BCUT2D eigenvalue weighted by Crippen LogP contribution is -2.13. The molecule has 2 aromatic rings. The summed E-state index contributed by atoms with van der Waals surface area (Å²) in [6.45, 7) is 3.73.